The molecule has 1 aromatic rings. The van der Waals surface area contributed by atoms with E-state index in [1.165, 1.54) is 0 Å². The van der Waals surface area contributed by atoms with Gasteiger partial charge in [-0.1, -0.05) is 0 Å². The normalized spacial score (nSPS) is 25.7. The molecule has 3 aliphatic rings. The molecule has 124 valence electrons. The van der Waals surface area contributed by atoms with Crippen molar-refractivity contribution in [3.63, 3.8) is 0 Å². The van der Waals surface area contributed by atoms with Crippen molar-refractivity contribution in [3.8, 4) is 0 Å². The molecule has 1 aromatic heterocycles. The number of alkyl halides is 1. The Labute approximate surface area is 139 Å². The summed E-state index contributed by atoms with van der Waals surface area (Å²) in [6, 6.07) is 1.98. The van der Waals surface area contributed by atoms with Crippen molar-refractivity contribution < 1.29 is 14.0 Å². The molecular weight excluding hydrogens is 315 g/mol. The van der Waals surface area contributed by atoms with Gasteiger partial charge >= 0.3 is 0 Å². The van der Waals surface area contributed by atoms with Crippen LogP contribution in [0.2, 0.25) is 0 Å². The van der Waals surface area contributed by atoms with E-state index in [2.05, 4.69) is 0 Å². The lowest BCUT2D eigenvalue weighted by molar-refractivity contribution is -0.153. The standard InChI is InChI=1S/C17H21FN2O2S/c18-17(3-1-4-17)15(22)19-8-5-16(6-9-19)7-10-20(14(16)21)13-2-11-23-12-13/h2,11-12H,1,3-10H2. The fraction of sp³-hybridized carbons (Fsp3) is 0.647. The highest BCUT2D eigenvalue weighted by Gasteiger charge is 2.52. The van der Waals surface area contributed by atoms with E-state index in [4.69, 9.17) is 0 Å². The molecule has 2 amide bonds. The fourth-order valence-electron chi connectivity index (χ4n) is 4.06. The van der Waals surface area contributed by atoms with Crippen LogP contribution in [0.4, 0.5) is 10.1 Å². The number of carbonyl (C=O) groups excluding carboxylic acids is 2. The van der Waals surface area contributed by atoms with E-state index in [0.29, 0.717) is 38.8 Å². The first kappa shape index (κ1) is 15.1. The molecule has 3 heterocycles. The first-order chi connectivity index (χ1) is 11.0. The Kier molecular flexibility index (Phi) is 3.48. The van der Waals surface area contributed by atoms with Crippen molar-refractivity contribution in [1.82, 2.24) is 4.90 Å². The Morgan fingerprint density at radius 3 is 2.39 bits per heavy atom. The molecule has 0 N–H and O–H groups in total. The lowest BCUT2D eigenvalue weighted by atomic mass is 9.75. The largest absolute Gasteiger partial charge is 0.340 e. The summed E-state index contributed by atoms with van der Waals surface area (Å²) in [5.74, 6) is -0.166. The van der Waals surface area contributed by atoms with Crippen molar-refractivity contribution in [1.29, 1.82) is 0 Å². The number of amides is 2. The Hall–Kier alpha value is -1.43. The van der Waals surface area contributed by atoms with E-state index in [0.717, 1.165) is 25.1 Å². The number of thiophene rings is 1. The van der Waals surface area contributed by atoms with Crippen LogP contribution in [0.25, 0.3) is 0 Å². The van der Waals surface area contributed by atoms with Gasteiger partial charge in [0.15, 0.2) is 5.67 Å². The van der Waals surface area contributed by atoms with Crippen molar-refractivity contribution in [2.24, 2.45) is 5.41 Å². The van der Waals surface area contributed by atoms with Crippen molar-refractivity contribution in [2.75, 3.05) is 24.5 Å². The van der Waals surface area contributed by atoms with Gasteiger partial charge in [0.25, 0.3) is 5.91 Å². The molecule has 6 heteroatoms. The predicted octanol–water partition coefficient (Wildman–Crippen LogP) is 2.99. The number of nitrogens with zero attached hydrogens (tertiary/aromatic N) is 2. The van der Waals surface area contributed by atoms with Crippen LogP contribution >= 0.6 is 11.3 Å². The van der Waals surface area contributed by atoms with Gasteiger partial charge in [0.2, 0.25) is 5.91 Å². The third-order valence-electron chi connectivity index (χ3n) is 5.87. The second kappa shape index (κ2) is 5.30. The van der Waals surface area contributed by atoms with Gasteiger partial charge in [-0.3, -0.25) is 9.59 Å². The average molecular weight is 336 g/mol. The van der Waals surface area contributed by atoms with E-state index in [9.17, 15) is 14.0 Å². The summed E-state index contributed by atoms with van der Waals surface area (Å²) in [7, 11) is 0. The van der Waals surface area contributed by atoms with Gasteiger partial charge < -0.3 is 9.80 Å². The third-order valence-corrected chi connectivity index (χ3v) is 6.54. The zero-order valence-electron chi connectivity index (χ0n) is 13.1. The zero-order valence-corrected chi connectivity index (χ0v) is 13.9. The summed E-state index contributed by atoms with van der Waals surface area (Å²) < 4.78 is 14.3. The van der Waals surface area contributed by atoms with E-state index >= 15 is 0 Å². The number of hydrogen-bond acceptors (Lipinski definition) is 3. The van der Waals surface area contributed by atoms with Crippen molar-refractivity contribution in [2.45, 2.75) is 44.2 Å². The van der Waals surface area contributed by atoms with Crippen LogP contribution in [0.1, 0.15) is 38.5 Å². The smallest absolute Gasteiger partial charge is 0.260 e. The molecule has 4 rings (SSSR count). The lowest BCUT2D eigenvalue weighted by Gasteiger charge is -2.42. The summed E-state index contributed by atoms with van der Waals surface area (Å²) in [5.41, 5.74) is -0.984. The minimum atomic E-state index is -1.62. The molecule has 0 atom stereocenters. The predicted molar refractivity (Wildman–Crippen MR) is 87.2 cm³/mol. The van der Waals surface area contributed by atoms with E-state index in [1.807, 2.05) is 21.7 Å². The van der Waals surface area contributed by atoms with Gasteiger partial charge in [-0.25, -0.2) is 4.39 Å². The highest BCUT2D eigenvalue weighted by Crippen LogP contribution is 2.45. The van der Waals surface area contributed by atoms with Gasteiger partial charge in [0.1, 0.15) is 0 Å². The van der Waals surface area contributed by atoms with Crippen molar-refractivity contribution >= 4 is 28.8 Å². The van der Waals surface area contributed by atoms with E-state index < -0.39 is 5.67 Å². The summed E-state index contributed by atoms with van der Waals surface area (Å²) in [4.78, 5) is 28.7. The minimum absolute atomic E-state index is 0.182. The topological polar surface area (TPSA) is 40.6 Å². The first-order valence-electron chi connectivity index (χ1n) is 8.37. The number of anilines is 1. The number of halogens is 1. The molecule has 1 aliphatic carbocycles. The average Bonchev–Trinajstić information content (AvgIpc) is 3.15. The van der Waals surface area contributed by atoms with Crippen LogP contribution in [0.3, 0.4) is 0 Å². The molecule has 0 bridgehead atoms. The number of rotatable bonds is 2. The SMILES string of the molecule is O=C(N1CCC2(CC1)CCN(c1ccsc1)C2=O)C1(F)CCC1. The Morgan fingerprint density at radius 2 is 1.83 bits per heavy atom. The van der Waals surface area contributed by atoms with Crippen LogP contribution in [-0.4, -0.2) is 42.0 Å². The van der Waals surface area contributed by atoms with E-state index in [1.54, 1.807) is 16.2 Å². The monoisotopic (exact) mass is 336 g/mol. The number of carbonyl (C=O) groups is 2. The minimum Gasteiger partial charge on any atom is -0.340 e. The molecular formula is C17H21FN2O2S. The summed E-state index contributed by atoms with van der Waals surface area (Å²) in [6.07, 6.45) is 3.68. The molecule has 0 aromatic carbocycles. The Morgan fingerprint density at radius 1 is 1.13 bits per heavy atom. The molecule has 0 radical (unpaired) electrons. The number of hydrogen-bond donors (Lipinski definition) is 0. The molecule has 4 nitrogen and oxygen atoms in total. The second-order valence-corrected chi connectivity index (χ2v) is 7.86. The summed E-state index contributed by atoms with van der Waals surface area (Å²) in [5, 5.41) is 3.98. The van der Waals surface area contributed by atoms with Crippen LogP contribution in [0.15, 0.2) is 16.8 Å². The summed E-state index contributed by atoms with van der Waals surface area (Å²) in [6.45, 7) is 1.76. The van der Waals surface area contributed by atoms with Crippen LogP contribution in [-0.2, 0) is 9.59 Å². The maximum atomic E-state index is 14.3. The molecule has 1 saturated carbocycles. The maximum absolute atomic E-state index is 14.3. The van der Waals surface area contributed by atoms with Crippen LogP contribution in [0, 0.1) is 5.41 Å². The molecule has 0 unspecified atom stereocenters. The lowest BCUT2D eigenvalue weighted by Crippen LogP contribution is -2.54. The zero-order chi connectivity index (χ0) is 16.1. The third kappa shape index (κ3) is 2.30. The highest BCUT2D eigenvalue weighted by atomic mass is 32.1. The molecule has 3 fully saturated rings. The van der Waals surface area contributed by atoms with Gasteiger partial charge in [0.05, 0.1) is 11.1 Å². The quantitative estimate of drug-likeness (QED) is 0.833. The highest BCUT2D eigenvalue weighted by molar-refractivity contribution is 7.08. The van der Waals surface area contributed by atoms with E-state index in [-0.39, 0.29) is 17.2 Å². The first-order valence-corrected chi connectivity index (χ1v) is 9.31. The van der Waals surface area contributed by atoms with Gasteiger partial charge in [-0.05, 0) is 50.0 Å². The van der Waals surface area contributed by atoms with Crippen molar-refractivity contribution in [3.05, 3.63) is 16.8 Å². The second-order valence-electron chi connectivity index (χ2n) is 7.08. The number of piperidine rings is 1. The fourth-order valence-corrected chi connectivity index (χ4v) is 4.71. The number of likely N-dealkylation sites (tertiary alicyclic amines) is 1. The molecule has 1 spiro atoms. The van der Waals surface area contributed by atoms with Crippen LogP contribution < -0.4 is 4.90 Å². The molecule has 2 aliphatic heterocycles. The van der Waals surface area contributed by atoms with Gasteiger partial charge in [-0.2, -0.15) is 11.3 Å². The van der Waals surface area contributed by atoms with Gasteiger partial charge in [-0.15, -0.1) is 0 Å². The molecule has 2 saturated heterocycles. The maximum Gasteiger partial charge on any atom is 0.260 e. The Balaban J connectivity index is 1.43. The van der Waals surface area contributed by atoms with Gasteiger partial charge in [0, 0.05) is 25.0 Å². The summed E-state index contributed by atoms with van der Waals surface area (Å²) >= 11 is 1.59. The Bertz CT molecular complexity index is 619. The molecule has 23 heavy (non-hydrogen) atoms. The van der Waals surface area contributed by atoms with Crippen LogP contribution in [0.5, 0.6) is 0 Å².